The van der Waals surface area contributed by atoms with Crippen LogP contribution in [0.4, 0.5) is 5.69 Å². The molecule has 1 atom stereocenters. The predicted octanol–water partition coefficient (Wildman–Crippen LogP) is 4.61. The third kappa shape index (κ3) is 2.87. The Balaban J connectivity index is 1.47. The van der Waals surface area contributed by atoms with E-state index in [1.807, 2.05) is 48.0 Å². The lowest BCUT2D eigenvalue weighted by Crippen LogP contribution is -2.17. The Morgan fingerprint density at radius 3 is 2.96 bits per heavy atom. The van der Waals surface area contributed by atoms with E-state index in [9.17, 15) is 4.79 Å². The van der Waals surface area contributed by atoms with Crippen LogP contribution in [0.5, 0.6) is 11.5 Å². The highest BCUT2D eigenvalue weighted by Crippen LogP contribution is 2.36. The van der Waals surface area contributed by atoms with Gasteiger partial charge in [-0.05, 0) is 30.5 Å². The highest BCUT2D eigenvalue weighted by molar-refractivity contribution is 7.18. The number of ether oxygens (including phenoxy) is 2. The summed E-state index contributed by atoms with van der Waals surface area (Å²) in [7, 11) is 0. The van der Waals surface area contributed by atoms with Gasteiger partial charge in [0.25, 0.3) is 5.56 Å². The van der Waals surface area contributed by atoms with E-state index in [1.165, 1.54) is 11.3 Å². The molecule has 1 aliphatic heterocycles. The molecule has 0 aliphatic carbocycles. The number of aromatic amines is 1. The van der Waals surface area contributed by atoms with Crippen LogP contribution in [0.15, 0.2) is 45.9 Å². The Hall–Kier alpha value is -2.84. The van der Waals surface area contributed by atoms with Crippen LogP contribution in [-0.4, -0.2) is 16.8 Å². The summed E-state index contributed by atoms with van der Waals surface area (Å²) in [6.45, 7) is 2.20. The Morgan fingerprint density at radius 2 is 2.11 bits per heavy atom. The maximum absolute atomic E-state index is 12.7. The second kappa shape index (κ2) is 6.40. The first-order chi connectivity index (χ1) is 13.2. The Bertz CT molecular complexity index is 1180. The summed E-state index contributed by atoms with van der Waals surface area (Å²) in [4.78, 5) is 22.2. The quantitative estimate of drug-likeness (QED) is 0.526. The predicted molar refractivity (Wildman–Crippen MR) is 108 cm³/mol. The van der Waals surface area contributed by atoms with Gasteiger partial charge in [-0.15, -0.1) is 22.7 Å². The first kappa shape index (κ1) is 16.3. The van der Waals surface area contributed by atoms with Crippen LogP contribution < -0.4 is 20.3 Å². The topological polar surface area (TPSA) is 76.2 Å². The van der Waals surface area contributed by atoms with Gasteiger partial charge in [-0.25, -0.2) is 4.98 Å². The fourth-order valence-corrected chi connectivity index (χ4v) is 4.86. The van der Waals surface area contributed by atoms with Crippen LogP contribution in [-0.2, 0) is 0 Å². The lowest BCUT2D eigenvalue weighted by molar-refractivity contribution is 0.174. The average molecular weight is 397 g/mol. The van der Waals surface area contributed by atoms with Crippen molar-refractivity contribution in [2.24, 2.45) is 0 Å². The van der Waals surface area contributed by atoms with Crippen molar-refractivity contribution in [3.05, 3.63) is 57.3 Å². The molecule has 2 N–H and O–H groups in total. The number of thiophene rings is 2. The lowest BCUT2D eigenvalue weighted by Gasteiger charge is -2.15. The molecule has 0 amide bonds. The number of fused-ring (bicyclic) bond motifs is 2. The molecule has 0 saturated heterocycles. The van der Waals surface area contributed by atoms with Crippen LogP contribution >= 0.6 is 22.7 Å². The molecule has 6 nitrogen and oxygen atoms in total. The summed E-state index contributed by atoms with van der Waals surface area (Å²) in [6, 6.07) is 9.49. The van der Waals surface area contributed by atoms with Crippen molar-refractivity contribution in [2.45, 2.75) is 13.0 Å². The number of benzene rings is 1. The molecule has 4 aromatic rings. The minimum absolute atomic E-state index is 0.112. The van der Waals surface area contributed by atoms with Crippen molar-refractivity contribution in [3.63, 3.8) is 0 Å². The molecule has 4 heterocycles. The van der Waals surface area contributed by atoms with Crippen LogP contribution in [0, 0.1) is 0 Å². The van der Waals surface area contributed by atoms with Crippen molar-refractivity contribution in [3.8, 4) is 21.9 Å². The number of anilines is 1. The Kier molecular flexibility index (Phi) is 3.87. The lowest BCUT2D eigenvalue weighted by atomic mass is 10.2. The third-order valence-electron chi connectivity index (χ3n) is 4.41. The van der Waals surface area contributed by atoms with E-state index in [-0.39, 0.29) is 18.4 Å². The van der Waals surface area contributed by atoms with Gasteiger partial charge < -0.3 is 19.8 Å². The van der Waals surface area contributed by atoms with Gasteiger partial charge in [-0.2, -0.15) is 0 Å². The molecule has 136 valence electrons. The number of aromatic nitrogens is 2. The summed E-state index contributed by atoms with van der Waals surface area (Å²) >= 11 is 3.11. The summed E-state index contributed by atoms with van der Waals surface area (Å²) in [5.41, 5.74) is 1.71. The van der Waals surface area contributed by atoms with Crippen molar-refractivity contribution in [1.82, 2.24) is 9.97 Å². The molecule has 0 saturated carbocycles. The van der Waals surface area contributed by atoms with Gasteiger partial charge in [-0.1, -0.05) is 6.07 Å². The highest BCUT2D eigenvalue weighted by atomic mass is 32.1. The van der Waals surface area contributed by atoms with Crippen molar-refractivity contribution in [1.29, 1.82) is 0 Å². The van der Waals surface area contributed by atoms with E-state index < -0.39 is 0 Å². The SMILES string of the molecule is C[C@@H](Nc1ccc2c(c1)OCO2)c1nc2scc(-c3cccs3)c2c(=O)[nH]1. The molecular weight excluding hydrogens is 382 g/mol. The second-order valence-corrected chi connectivity index (χ2v) is 8.00. The average Bonchev–Trinajstić information content (AvgIpc) is 3.40. The van der Waals surface area contributed by atoms with E-state index in [0.717, 1.165) is 26.7 Å². The summed E-state index contributed by atoms with van der Waals surface area (Å²) in [5, 5.41) is 8.01. The standard InChI is InChI=1S/C19H15N3O3S2/c1-10(20-11-4-5-13-14(7-11)25-9-24-13)17-21-18(23)16-12(8-27-19(16)22-17)15-3-2-6-26-15/h2-8,10,20H,9H2,1H3,(H,21,22,23)/t10-/m1/s1. The van der Waals surface area contributed by atoms with Crippen LogP contribution in [0.3, 0.4) is 0 Å². The zero-order chi connectivity index (χ0) is 18.4. The Labute approximate surface area is 162 Å². The van der Waals surface area contributed by atoms with Crippen molar-refractivity contribution < 1.29 is 9.47 Å². The van der Waals surface area contributed by atoms with E-state index >= 15 is 0 Å². The first-order valence-electron chi connectivity index (χ1n) is 8.40. The number of hydrogen-bond donors (Lipinski definition) is 2. The molecule has 0 spiro atoms. The number of rotatable bonds is 4. The number of nitrogens with zero attached hydrogens (tertiary/aromatic N) is 1. The molecule has 5 rings (SSSR count). The third-order valence-corrected chi connectivity index (χ3v) is 6.19. The minimum Gasteiger partial charge on any atom is -0.454 e. The van der Waals surface area contributed by atoms with Crippen LogP contribution in [0.2, 0.25) is 0 Å². The number of H-pyrrole nitrogens is 1. The molecule has 0 unspecified atom stereocenters. The van der Waals surface area contributed by atoms with Crippen molar-refractivity contribution in [2.75, 3.05) is 12.1 Å². The van der Waals surface area contributed by atoms with Gasteiger partial charge >= 0.3 is 0 Å². The molecule has 0 fully saturated rings. The monoisotopic (exact) mass is 397 g/mol. The van der Waals surface area contributed by atoms with Gasteiger partial charge in [-0.3, -0.25) is 4.79 Å². The zero-order valence-corrected chi connectivity index (χ0v) is 15.9. The molecular formula is C19H15N3O3S2. The van der Waals surface area contributed by atoms with E-state index in [1.54, 1.807) is 11.3 Å². The summed E-state index contributed by atoms with van der Waals surface area (Å²) in [5.74, 6) is 2.05. The molecule has 8 heteroatoms. The van der Waals surface area contributed by atoms with Crippen molar-refractivity contribution >= 4 is 38.6 Å². The normalized spacial score (nSPS) is 13.8. The first-order valence-corrected chi connectivity index (χ1v) is 10.2. The van der Waals surface area contributed by atoms with E-state index in [0.29, 0.717) is 17.0 Å². The molecule has 0 radical (unpaired) electrons. The van der Waals surface area contributed by atoms with Gasteiger partial charge in [0, 0.05) is 27.6 Å². The van der Waals surface area contributed by atoms with Crippen LogP contribution in [0.25, 0.3) is 20.7 Å². The Morgan fingerprint density at radius 1 is 1.22 bits per heavy atom. The largest absolute Gasteiger partial charge is 0.454 e. The number of hydrogen-bond acceptors (Lipinski definition) is 7. The fraction of sp³-hybridized carbons (Fsp3) is 0.158. The molecule has 1 aliphatic rings. The number of nitrogens with one attached hydrogen (secondary N) is 2. The van der Waals surface area contributed by atoms with Gasteiger partial charge in [0.1, 0.15) is 10.7 Å². The molecule has 27 heavy (non-hydrogen) atoms. The summed E-state index contributed by atoms with van der Waals surface area (Å²) < 4.78 is 10.7. The smallest absolute Gasteiger partial charge is 0.260 e. The van der Waals surface area contributed by atoms with Gasteiger partial charge in [0.2, 0.25) is 6.79 Å². The molecule has 3 aromatic heterocycles. The van der Waals surface area contributed by atoms with Gasteiger partial charge in [0.15, 0.2) is 11.5 Å². The fourth-order valence-electron chi connectivity index (χ4n) is 3.09. The van der Waals surface area contributed by atoms with E-state index in [2.05, 4.69) is 15.3 Å². The minimum atomic E-state index is -0.172. The van der Waals surface area contributed by atoms with E-state index in [4.69, 9.17) is 9.47 Å². The summed E-state index contributed by atoms with van der Waals surface area (Å²) in [6.07, 6.45) is 0. The maximum atomic E-state index is 12.7. The molecule has 0 bridgehead atoms. The zero-order valence-electron chi connectivity index (χ0n) is 14.3. The second-order valence-electron chi connectivity index (χ2n) is 6.19. The highest BCUT2D eigenvalue weighted by Gasteiger charge is 2.18. The van der Waals surface area contributed by atoms with Gasteiger partial charge in [0.05, 0.1) is 11.4 Å². The maximum Gasteiger partial charge on any atom is 0.260 e. The van der Waals surface area contributed by atoms with Crippen LogP contribution in [0.1, 0.15) is 18.8 Å². The molecule has 1 aromatic carbocycles.